The molecule has 144 valence electrons. The van der Waals surface area contributed by atoms with Crippen molar-refractivity contribution in [3.8, 4) is 0 Å². The van der Waals surface area contributed by atoms with Gasteiger partial charge in [0.2, 0.25) is 0 Å². The standard InChI is InChI=1S/C19H22N2O5S/c1-13-11-15(20-18(23)14-7-6-10-25-14)27-17(13)19(24)26-12-16(22)21-8-4-2-3-5-9-21/h6-7,10-11H,2-5,8-9,12H2,1H3,(H,20,23). The Morgan fingerprint density at radius 1 is 1.22 bits per heavy atom. The van der Waals surface area contributed by atoms with Gasteiger partial charge in [0.15, 0.2) is 12.4 Å². The molecule has 1 aliphatic rings. The van der Waals surface area contributed by atoms with Crippen molar-refractivity contribution in [1.82, 2.24) is 4.90 Å². The lowest BCUT2D eigenvalue weighted by Gasteiger charge is -2.19. The Morgan fingerprint density at radius 3 is 2.63 bits per heavy atom. The number of ether oxygens (including phenoxy) is 1. The number of amides is 2. The van der Waals surface area contributed by atoms with Crippen LogP contribution in [0.2, 0.25) is 0 Å². The van der Waals surface area contributed by atoms with Gasteiger partial charge in [-0.2, -0.15) is 0 Å². The lowest BCUT2D eigenvalue weighted by Crippen LogP contribution is -2.35. The van der Waals surface area contributed by atoms with Crippen LogP contribution in [-0.4, -0.2) is 42.4 Å². The number of carbonyl (C=O) groups excluding carboxylic acids is 3. The van der Waals surface area contributed by atoms with Crippen molar-refractivity contribution in [2.24, 2.45) is 0 Å². The zero-order chi connectivity index (χ0) is 19.2. The number of carbonyl (C=O) groups is 3. The van der Waals surface area contributed by atoms with Gasteiger partial charge in [0, 0.05) is 13.1 Å². The van der Waals surface area contributed by atoms with Crippen LogP contribution in [0.4, 0.5) is 5.00 Å². The largest absolute Gasteiger partial charge is 0.459 e. The van der Waals surface area contributed by atoms with Crippen molar-refractivity contribution in [2.45, 2.75) is 32.6 Å². The number of esters is 1. The van der Waals surface area contributed by atoms with Crippen LogP contribution in [0.15, 0.2) is 28.9 Å². The smallest absolute Gasteiger partial charge is 0.349 e. The highest BCUT2D eigenvalue weighted by atomic mass is 32.1. The van der Waals surface area contributed by atoms with Crippen LogP contribution < -0.4 is 5.32 Å². The molecule has 0 aliphatic carbocycles. The van der Waals surface area contributed by atoms with Crippen LogP contribution in [0.1, 0.15) is 51.5 Å². The molecule has 27 heavy (non-hydrogen) atoms. The average molecular weight is 390 g/mol. The van der Waals surface area contributed by atoms with Crippen molar-refractivity contribution < 1.29 is 23.5 Å². The van der Waals surface area contributed by atoms with Gasteiger partial charge in [-0.05, 0) is 43.5 Å². The third-order valence-electron chi connectivity index (χ3n) is 4.37. The molecule has 1 N–H and O–H groups in total. The maximum Gasteiger partial charge on any atom is 0.349 e. The first-order chi connectivity index (χ1) is 13.0. The number of aryl methyl sites for hydroxylation is 1. The van der Waals surface area contributed by atoms with E-state index in [9.17, 15) is 14.4 Å². The normalized spacial score (nSPS) is 14.5. The molecule has 1 saturated heterocycles. The Hall–Kier alpha value is -2.61. The molecule has 1 fully saturated rings. The Balaban J connectivity index is 1.56. The molecule has 0 aromatic carbocycles. The SMILES string of the molecule is Cc1cc(NC(=O)c2ccco2)sc1C(=O)OCC(=O)N1CCCCCC1. The Morgan fingerprint density at radius 2 is 1.96 bits per heavy atom. The summed E-state index contributed by atoms with van der Waals surface area (Å²) < 4.78 is 10.2. The molecule has 0 spiro atoms. The lowest BCUT2D eigenvalue weighted by atomic mass is 10.2. The number of nitrogens with one attached hydrogen (secondary N) is 1. The predicted octanol–water partition coefficient (Wildman–Crippen LogP) is 3.46. The molecule has 1 aliphatic heterocycles. The van der Waals surface area contributed by atoms with E-state index in [2.05, 4.69) is 5.32 Å². The van der Waals surface area contributed by atoms with Crippen molar-refractivity contribution >= 4 is 34.1 Å². The van der Waals surface area contributed by atoms with Gasteiger partial charge < -0.3 is 19.4 Å². The van der Waals surface area contributed by atoms with Crippen molar-refractivity contribution in [1.29, 1.82) is 0 Å². The summed E-state index contributed by atoms with van der Waals surface area (Å²) in [4.78, 5) is 38.7. The summed E-state index contributed by atoms with van der Waals surface area (Å²) in [5, 5.41) is 3.20. The van der Waals surface area contributed by atoms with Crippen molar-refractivity contribution in [3.05, 3.63) is 40.7 Å². The summed E-state index contributed by atoms with van der Waals surface area (Å²) in [6.07, 6.45) is 5.65. The van der Waals surface area contributed by atoms with Crippen molar-refractivity contribution in [3.63, 3.8) is 0 Å². The lowest BCUT2D eigenvalue weighted by molar-refractivity contribution is -0.134. The van der Waals surface area contributed by atoms with Crippen LogP contribution >= 0.6 is 11.3 Å². The number of hydrogen-bond donors (Lipinski definition) is 1. The zero-order valence-electron chi connectivity index (χ0n) is 15.2. The molecule has 0 unspecified atom stereocenters. The van der Waals surface area contributed by atoms with Gasteiger partial charge in [0.25, 0.3) is 11.8 Å². The fourth-order valence-corrected chi connectivity index (χ4v) is 3.89. The summed E-state index contributed by atoms with van der Waals surface area (Å²) in [7, 11) is 0. The molecular weight excluding hydrogens is 368 g/mol. The molecule has 0 atom stereocenters. The molecule has 3 heterocycles. The highest BCUT2D eigenvalue weighted by molar-refractivity contribution is 7.18. The first-order valence-electron chi connectivity index (χ1n) is 8.95. The number of nitrogens with zero attached hydrogens (tertiary/aromatic N) is 1. The first-order valence-corrected chi connectivity index (χ1v) is 9.76. The number of likely N-dealkylation sites (tertiary alicyclic amines) is 1. The molecule has 8 heteroatoms. The number of furan rings is 1. The quantitative estimate of drug-likeness (QED) is 0.790. The van der Waals surface area contributed by atoms with Crippen LogP contribution in [-0.2, 0) is 9.53 Å². The minimum absolute atomic E-state index is 0.161. The Bertz CT molecular complexity index is 804. The minimum atomic E-state index is -0.556. The maximum absolute atomic E-state index is 12.3. The fourth-order valence-electron chi connectivity index (χ4n) is 2.93. The van der Waals surface area contributed by atoms with E-state index in [-0.39, 0.29) is 18.3 Å². The monoisotopic (exact) mass is 390 g/mol. The number of thiophene rings is 1. The molecule has 0 bridgehead atoms. The predicted molar refractivity (Wildman–Crippen MR) is 101 cm³/mol. The molecule has 0 radical (unpaired) electrons. The van der Waals surface area contributed by atoms with Gasteiger partial charge in [-0.3, -0.25) is 9.59 Å². The molecular formula is C19H22N2O5S. The van der Waals surface area contributed by atoms with Crippen molar-refractivity contribution in [2.75, 3.05) is 25.0 Å². The summed E-state index contributed by atoms with van der Waals surface area (Å²) in [5.74, 6) is -0.921. The van der Waals surface area contributed by atoms with E-state index in [0.717, 1.165) is 50.1 Å². The summed E-state index contributed by atoms with van der Waals surface area (Å²) >= 11 is 1.11. The molecule has 3 rings (SSSR count). The van der Waals surface area contributed by atoms with E-state index >= 15 is 0 Å². The third-order valence-corrected chi connectivity index (χ3v) is 5.50. The van der Waals surface area contributed by atoms with Crippen LogP contribution in [0.25, 0.3) is 0 Å². The molecule has 2 aromatic rings. The highest BCUT2D eigenvalue weighted by Gasteiger charge is 2.21. The van der Waals surface area contributed by atoms with Crippen LogP contribution in [0, 0.1) is 6.92 Å². The Kier molecular flexibility index (Phi) is 6.28. The maximum atomic E-state index is 12.3. The first kappa shape index (κ1) is 19.2. The zero-order valence-corrected chi connectivity index (χ0v) is 16.0. The van der Waals surface area contributed by atoms with Gasteiger partial charge in [0.05, 0.1) is 11.3 Å². The van der Waals surface area contributed by atoms with Crippen LogP contribution in [0.5, 0.6) is 0 Å². The number of anilines is 1. The summed E-state index contributed by atoms with van der Waals surface area (Å²) in [6, 6.07) is 4.87. The minimum Gasteiger partial charge on any atom is -0.459 e. The average Bonchev–Trinajstić information content (AvgIpc) is 3.22. The van der Waals surface area contributed by atoms with Gasteiger partial charge >= 0.3 is 5.97 Å². The number of rotatable bonds is 5. The second-order valence-electron chi connectivity index (χ2n) is 6.43. The summed E-state index contributed by atoms with van der Waals surface area (Å²) in [5.41, 5.74) is 0.682. The van der Waals surface area contributed by atoms with Gasteiger partial charge in [0.1, 0.15) is 4.88 Å². The van der Waals surface area contributed by atoms with E-state index in [1.807, 2.05) is 0 Å². The third kappa shape index (κ3) is 4.97. The molecule has 2 aromatic heterocycles. The van der Waals surface area contributed by atoms with E-state index in [4.69, 9.17) is 9.15 Å². The highest BCUT2D eigenvalue weighted by Crippen LogP contribution is 2.28. The van der Waals surface area contributed by atoms with E-state index < -0.39 is 11.9 Å². The van der Waals surface area contributed by atoms with Crippen LogP contribution in [0.3, 0.4) is 0 Å². The van der Waals surface area contributed by atoms with E-state index in [1.54, 1.807) is 30.0 Å². The van der Waals surface area contributed by atoms with E-state index in [0.29, 0.717) is 15.4 Å². The molecule has 0 saturated carbocycles. The molecule has 2 amide bonds. The topological polar surface area (TPSA) is 88.9 Å². The molecule has 7 nitrogen and oxygen atoms in total. The fraction of sp³-hybridized carbons (Fsp3) is 0.421. The van der Waals surface area contributed by atoms with Gasteiger partial charge in [-0.15, -0.1) is 11.3 Å². The van der Waals surface area contributed by atoms with Gasteiger partial charge in [-0.25, -0.2) is 4.79 Å². The van der Waals surface area contributed by atoms with Gasteiger partial charge in [-0.1, -0.05) is 12.8 Å². The van der Waals surface area contributed by atoms with E-state index in [1.165, 1.54) is 6.26 Å². The second kappa shape index (κ2) is 8.85. The number of hydrogen-bond acceptors (Lipinski definition) is 6. The summed E-state index contributed by atoms with van der Waals surface area (Å²) in [6.45, 7) is 2.94. The second-order valence-corrected chi connectivity index (χ2v) is 7.48. The Labute approximate surface area is 161 Å².